The van der Waals surface area contributed by atoms with E-state index in [2.05, 4.69) is 0 Å². The molecule has 0 aliphatic carbocycles. The fourth-order valence-electron chi connectivity index (χ4n) is 2.19. The van der Waals surface area contributed by atoms with Crippen LogP contribution >= 0.6 is 0 Å². The predicted molar refractivity (Wildman–Crippen MR) is 88.7 cm³/mol. The number of carbonyl (C=O) groups is 1. The van der Waals surface area contributed by atoms with Crippen LogP contribution in [0.25, 0.3) is 0 Å². The number of hydrogen-bond donors (Lipinski definition) is 2. The van der Waals surface area contributed by atoms with Crippen LogP contribution in [0, 0.1) is 0 Å². The average molecular weight is 342 g/mol. The number of hydroxylamine groups is 1. The van der Waals surface area contributed by atoms with E-state index < -0.39 is 22.5 Å². The van der Waals surface area contributed by atoms with Crippen molar-refractivity contribution in [2.45, 2.75) is 50.8 Å². The summed E-state index contributed by atoms with van der Waals surface area (Å²) in [5.41, 5.74) is 2.54. The molecule has 23 heavy (non-hydrogen) atoms. The van der Waals surface area contributed by atoms with Gasteiger partial charge in [-0.3, -0.25) is 10.0 Å². The van der Waals surface area contributed by atoms with Crippen molar-refractivity contribution in [3.05, 3.63) is 29.8 Å². The summed E-state index contributed by atoms with van der Waals surface area (Å²) in [4.78, 5) is 11.6. The molecule has 130 valence electrons. The first-order valence-corrected chi connectivity index (χ1v) is 9.30. The highest BCUT2D eigenvalue weighted by Gasteiger charge is 2.26. The monoisotopic (exact) mass is 342 g/mol. The maximum atomic E-state index is 12.7. The van der Waals surface area contributed by atoms with Crippen molar-refractivity contribution in [2.75, 3.05) is 13.1 Å². The number of benzene rings is 1. The molecular weight excluding hydrogens is 316 g/mol. The Morgan fingerprint density at radius 1 is 1.22 bits per heavy atom. The Kier molecular flexibility index (Phi) is 7.67. The van der Waals surface area contributed by atoms with Gasteiger partial charge in [0, 0.05) is 6.54 Å². The van der Waals surface area contributed by atoms with E-state index in [0.717, 1.165) is 22.7 Å². The van der Waals surface area contributed by atoms with Gasteiger partial charge in [-0.2, -0.15) is 4.31 Å². The molecule has 0 bridgehead atoms. The van der Waals surface area contributed by atoms with Gasteiger partial charge in [-0.1, -0.05) is 45.7 Å². The van der Waals surface area contributed by atoms with E-state index in [1.54, 1.807) is 24.3 Å². The quantitative estimate of drug-likeness (QED) is 0.410. The number of unbranched alkanes of at least 4 members (excludes halogenated alkanes) is 2. The van der Waals surface area contributed by atoms with Crippen LogP contribution in [0.1, 0.15) is 51.5 Å². The molecule has 1 rings (SSSR count). The van der Waals surface area contributed by atoms with E-state index in [0.29, 0.717) is 12.3 Å². The Morgan fingerprint density at radius 3 is 2.30 bits per heavy atom. The van der Waals surface area contributed by atoms with Gasteiger partial charge in [-0.25, -0.2) is 13.9 Å². The van der Waals surface area contributed by atoms with Gasteiger partial charge in [-0.15, -0.1) is 0 Å². The molecule has 0 aliphatic heterocycles. The van der Waals surface area contributed by atoms with Crippen LogP contribution in [0.5, 0.6) is 0 Å². The van der Waals surface area contributed by atoms with Crippen molar-refractivity contribution in [1.29, 1.82) is 0 Å². The van der Waals surface area contributed by atoms with E-state index in [9.17, 15) is 13.2 Å². The highest BCUT2D eigenvalue weighted by atomic mass is 32.2. The average Bonchev–Trinajstić information content (AvgIpc) is 2.53. The van der Waals surface area contributed by atoms with Gasteiger partial charge in [-0.05, 0) is 30.0 Å². The zero-order valence-electron chi connectivity index (χ0n) is 13.9. The fourth-order valence-corrected chi connectivity index (χ4v) is 3.63. The summed E-state index contributed by atoms with van der Waals surface area (Å²) in [6.45, 7) is 5.94. The van der Waals surface area contributed by atoms with Gasteiger partial charge < -0.3 is 0 Å². The number of amides is 1. The zero-order valence-corrected chi connectivity index (χ0v) is 14.8. The van der Waals surface area contributed by atoms with Gasteiger partial charge in [0.1, 0.15) is 0 Å². The SMILES string of the molecule is CCCCCN(CC(=O)NO)S(=O)(=O)c1ccc(C(C)C)cc1. The molecule has 0 heterocycles. The van der Waals surface area contributed by atoms with Crippen LogP contribution in [0.15, 0.2) is 29.2 Å². The molecule has 1 aromatic carbocycles. The number of hydrogen-bond acceptors (Lipinski definition) is 4. The standard InChI is InChI=1S/C16H26N2O4S/c1-4-5-6-11-18(12-16(19)17-20)23(21,22)15-9-7-14(8-10-15)13(2)3/h7-10,13,20H,4-6,11-12H2,1-3H3,(H,17,19). The first kappa shape index (κ1) is 19.6. The smallest absolute Gasteiger partial charge is 0.258 e. The summed E-state index contributed by atoms with van der Waals surface area (Å²) in [5, 5.41) is 8.67. The van der Waals surface area contributed by atoms with Crippen molar-refractivity contribution in [1.82, 2.24) is 9.79 Å². The van der Waals surface area contributed by atoms with Gasteiger partial charge >= 0.3 is 0 Å². The number of nitrogens with zero attached hydrogens (tertiary/aromatic N) is 1. The van der Waals surface area contributed by atoms with E-state index in [1.165, 1.54) is 5.48 Å². The maximum Gasteiger partial charge on any atom is 0.258 e. The Balaban J connectivity index is 3.02. The summed E-state index contributed by atoms with van der Waals surface area (Å²) in [7, 11) is -3.77. The molecule has 0 atom stereocenters. The molecule has 0 aromatic heterocycles. The minimum absolute atomic E-state index is 0.157. The predicted octanol–water partition coefficient (Wildman–Crippen LogP) is 2.50. The molecular formula is C16H26N2O4S. The summed E-state index contributed by atoms with van der Waals surface area (Å²) in [5.74, 6) is -0.434. The third-order valence-electron chi connectivity index (χ3n) is 3.64. The number of rotatable bonds is 9. The first-order valence-electron chi connectivity index (χ1n) is 7.86. The molecule has 6 nitrogen and oxygen atoms in total. The van der Waals surface area contributed by atoms with Crippen LogP contribution in [0.3, 0.4) is 0 Å². The van der Waals surface area contributed by atoms with Crippen LogP contribution < -0.4 is 5.48 Å². The minimum atomic E-state index is -3.77. The van der Waals surface area contributed by atoms with Crippen molar-refractivity contribution in [2.24, 2.45) is 0 Å². The van der Waals surface area contributed by atoms with Crippen molar-refractivity contribution in [3.63, 3.8) is 0 Å². The molecule has 0 saturated carbocycles. The molecule has 2 N–H and O–H groups in total. The summed E-state index contributed by atoms with van der Waals surface area (Å²) < 4.78 is 26.6. The second-order valence-corrected chi connectivity index (χ2v) is 7.74. The molecule has 0 spiro atoms. The molecule has 7 heteroatoms. The third-order valence-corrected chi connectivity index (χ3v) is 5.50. The summed E-state index contributed by atoms with van der Waals surface area (Å²) in [6, 6.07) is 6.70. The van der Waals surface area contributed by atoms with Crippen LogP contribution in [0.2, 0.25) is 0 Å². The first-order chi connectivity index (χ1) is 10.8. The molecule has 0 radical (unpaired) electrons. The normalized spacial score (nSPS) is 11.9. The summed E-state index contributed by atoms with van der Waals surface area (Å²) >= 11 is 0. The van der Waals surface area contributed by atoms with Crippen molar-refractivity contribution >= 4 is 15.9 Å². The van der Waals surface area contributed by atoms with Crippen LogP contribution in [-0.2, 0) is 14.8 Å². The lowest BCUT2D eigenvalue weighted by molar-refractivity contribution is -0.129. The molecule has 0 aliphatic rings. The van der Waals surface area contributed by atoms with E-state index in [1.807, 2.05) is 20.8 Å². The maximum absolute atomic E-state index is 12.7. The molecule has 0 fully saturated rings. The van der Waals surface area contributed by atoms with E-state index >= 15 is 0 Å². The number of sulfonamides is 1. The topological polar surface area (TPSA) is 86.7 Å². The van der Waals surface area contributed by atoms with Crippen LogP contribution in [-0.4, -0.2) is 36.9 Å². The lowest BCUT2D eigenvalue weighted by Crippen LogP contribution is -2.40. The van der Waals surface area contributed by atoms with Gasteiger partial charge in [0.05, 0.1) is 11.4 Å². The fraction of sp³-hybridized carbons (Fsp3) is 0.562. The highest BCUT2D eigenvalue weighted by molar-refractivity contribution is 7.89. The second kappa shape index (κ2) is 9.00. The molecule has 1 aromatic rings. The Bertz CT molecular complexity index is 597. The molecule has 0 saturated heterocycles. The van der Waals surface area contributed by atoms with Crippen molar-refractivity contribution < 1.29 is 18.4 Å². The van der Waals surface area contributed by atoms with Gasteiger partial charge in [0.2, 0.25) is 10.0 Å². The minimum Gasteiger partial charge on any atom is -0.289 e. The largest absolute Gasteiger partial charge is 0.289 e. The highest BCUT2D eigenvalue weighted by Crippen LogP contribution is 2.20. The lowest BCUT2D eigenvalue weighted by Gasteiger charge is -2.21. The third kappa shape index (κ3) is 5.60. The lowest BCUT2D eigenvalue weighted by atomic mass is 10.0. The molecule has 1 amide bonds. The van der Waals surface area contributed by atoms with Gasteiger partial charge in [0.25, 0.3) is 5.91 Å². The summed E-state index contributed by atoms with van der Waals surface area (Å²) in [6.07, 6.45) is 2.49. The van der Waals surface area contributed by atoms with E-state index in [4.69, 9.17) is 5.21 Å². The number of nitrogens with one attached hydrogen (secondary N) is 1. The Labute approximate surface area is 138 Å². The number of carbonyl (C=O) groups excluding carboxylic acids is 1. The zero-order chi connectivity index (χ0) is 17.5. The Morgan fingerprint density at radius 2 is 1.83 bits per heavy atom. The van der Waals surface area contributed by atoms with Crippen molar-refractivity contribution in [3.8, 4) is 0 Å². The second-order valence-electron chi connectivity index (χ2n) is 5.80. The molecule has 0 unspecified atom stereocenters. The van der Waals surface area contributed by atoms with Crippen LogP contribution in [0.4, 0.5) is 0 Å². The Hall–Kier alpha value is -1.44. The van der Waals surface area contributed by atoms with E-state index in [-0.39, 0.29) is 11.4 Å². The van der Waals surface area contributed by atoms with Gasteiger partial charge in [0.15, 0.2) is 0 Å².